The second-order valence-corrected chi connectivity index (χ2v) is 9.24. The number of hydrogen-bond donors (Lipinski definition) is 1. The van der Waals surface area contributed by atoms with Gasteiger partial charge in [0.1, 0.15) is 11.6 Å². The molecular weight excluding hydrogens is 423 g/mol. The Morgan fingerprint density at radius 2 is 1.42 bits per heavy atom. The van der Waals surface area contributed by atoms with Gasteiger partial charge in [-0.05, 0) is 54.5 Å². The van der Waals surface area contributed by atoms with Gasteiger partial charge in [0.25, 0.3) is 0 Å². The lowest BCUT2D eigenvalue weighted by atomic mass is 9.94. The predicted molar refractivity (Wildman–Crippen MR) is 117 cm³/mol. The number of rotatable bonds is 7. The molecule has 0 aromatic heterocycles. The van der Waals surface area contributed by atoms with Crippen molar-refractivity contribution in [3.63, 3.8) is 0 Å². The molecule has 1 aliphatic rings. The highest BCUT2D eigenvalue weighted by atomic mass is 31.2. The first-order valence-corrected chi connectivity index (χ1v) is 11.7. The summed E-state index contributed by atoms with van der Waals surface area (Å²) in [5, 5.41) is 0. The van der Waals surface area contributed by atoms with Crippen LogP contribution in [0.5, 0.6) is 0 Å². The van der Waals surface area contributed by atoms with Gasteiger partial charge >= 0.3 is 7.60 Å². The summed E-state index contributed by atoms with van der Waals surface area (Å²) in [5.41, 5.74) is 2.32. The molecule has 5 nitrogen and oxygen atoms in total. The van der Waals surface area contributed by atoms with E-state index in [1.165, 1.54) is 24.3 Å². The largest absolute Gasteiger partial charge is 0.329 e. The summed E-state index contributed by atoms with van der Waals surface area (Å²) in [7, 11) is -3.71. The molecule has 164 valence electrons. The normalized spacial score (nSPS) is 19.7. The molecule has 0 aliphatic carbocycles. The van der Waals surface area contributed by atoms with Gasteiger partial charge in [0.15, 0.2) is 5.78 Å². The minimum absolute atomic E-state index is 0.0668. The summed E-state index contributed by atoms with van der Waals surface area (Å²) < 4.78 is 43.4. The van der Waals surface area contributed by atoms with Crippen molar-refractivity contribution in [2.75, 3.05) is 32.4 Å². The van der Waals surface area contributed by atoms with Crippen LogP contribution in [0, 0.1) is 11.6 Å². The standard InChI is InChI=1S/C23H24F2NO4P/c1-2-30-31(28,29)12-11-26-15-19(13-17-3-7-21(24)8-4-17)23(27)20(16-26)14-18-5-9-22(25)10-6-18/h3-10,13-14H,2,11-12,15-16H2,1H3,(H,28,29)/b19-13+,20-14+. The average Bonchev–Trinajstić information content (AvgIpc) is 2.73. The van der Waals surface area contributed by atoms with Crippen molar-refractivity contribution in [1.29, 1.82) is 0 Å². The molecule has 1 heterocycles. The summed E-state index contributed by atoms with van der Waals surface area (Å²) in [6.45, 7) is 2.60. The van der Waals surface area contributed by atoms with Gasteiger partial charge in [0.2, 0.25) is 0 Å². The lowest BCUT2D eigenvalue weighted by molar-refractivity contribution is -0.113. The molecule has 0 amide bonds. The van der Waals surface area contributed by atoms with E-state index in [2.05, 4.69) is 0 Å². The molecule has 31 heavy (non-hydrogen) atoms. The molecule has 0 saturated carbocycles. The van der Waals surface area contributed by atoms with Gasteiger partial charge in [-0.15, -0.1) is 0 Å². The lowest BCUT2D eigenvalue weighted by Gasteiger charge is -2.30. The van der Waals surface area contributed by atoms with Crippen LogP contribution in [0.15, 0.2) is 59.7 Å². The van der Waals surface area contributed by atoms with E-state index >= 15 is 0 Å². The van der Waals surface area contributed by atoms with Crippen LogP contribution in [-0.2, 0) is 13.9 Å². The number of hydrogen-bond acceptors (Lipinski definition) is 4. The zero-order chi connectivity index (χ0) is 22.4. The highest BCUT2D eigenvalue weighted by Gasteiger charge is 2.28. The summed E-state index contributed by atoms with van der Waals surface area (Å²) in [6.07, 6.45) is 3.31. The fourth-order valence-corrected chi connectivity index (χ4v) is 4.39. The Hall–Kier alpha value is -2.44. The fourth-order valence-electron chi connectivity index (χ4n) is 3.32. The molecule has 1 unspecified atom stereocenters. The Balaban J connectivity index is 1.88. The monoisotopic (exact) mass is 447 g/mol. The van der Waals surface area contributed by atoms with E-state index < -0.39 is 7.60 Å². The lowest BCUT2D eigenvalue weighted by Crippen LogP contribution is -2.39. The van der Waals surface area contributed by atoms with Gasteiger partial charge in [-0.2, -0.15) is 0 Å². The summed E-state index contributed by atoms with van der Waals surface area (Å²) in [6, 6.07) is 11.6. The van der Waals surface area contributed by atoms with Gasteiger partial charge in [-0.1, -0.05) is 24.3 Å². The molecule has 0 bridgehead atoms. The third-order valence-corrected chi connectivity index (χ3v) is 6.25. The molecule has 1 atom stereocenters. The molecule has 8 heteroatoms. The van der Waals surface area contributed by atoms with Gasteiger partial charge < -0.3 is 9.42 Å². The number of nitrogens with zero attached hydrogens (tertiary/aromatic N) is 1. The molecule has 3 rings (SSSR count). The molecule has 0 spiro atoms. The van der Waals surface area contributed by atoms with E-state index in [0.717, 1.165) is 0 Å². The van der Waals surface area contributed by atoms with Gasteiger partial charge in [0.05, 0.1) is 12.8 Å². The van der Waals surface area contributed by atoms with Crippen LogP contribution in [0.4, 0.5) is 8.78 Å². The van der Waals surface area contributed by atoms with Crippen molar-refractivity contribution in [1.82, 2.24) is 4.90 Å². The third kappa shape index (κ3) is 6.77. The second-order valence-electron chi connectivity index (χ2n) is 7.26. The van der Waals surface area contributed by atoms with Crippen molar-refractivity contribution in [2.24, 2.45) is 0 Å². The van der Waals surface area contributed by atoms with Crippen LogP contribution in [0.1, 0.15) is 18.1 Å². The second kappa shape index (κ2) is 10.2. The molecule has 0 radical (unpaired) electrons. The Morgan fingerprint density at radius 1 is 0.968 bits per heavy atom. The minimum Gasteiger partial charge on any atom is -0.324 e. The van der Waals surface area contributed by atoms with E-state index in [-0.39, 0.29) is 49.8 Å². The van der Waals surface area contributed by atoms with Crippen LogP contribution in [0.3, 0.4) is 0 Å². The number of piperidine rings is 1. The number of Topliss-reactive ketones (excluding diaryl/α,β-unsaturated/α-hetero) is 1. The molecule has 1 fully saturated rings. The number of carbonyl (C=O) groups is 1. The van der Waals surface area contributed by atoms with Gasteiger partial charge in [-0.25, -0.2) is 8.78 Å². The van der Waals surface area contributed by atoms with Crippen molar-refractivity contribution < 1.29 is 27.6 Å². The van der Waals surface area contributed by atoms with Crippen molar-refractivity contribution in [3.05, 3.63) is 82.4 Å². The van der Waals surface area contributed by atoms with Gasteiger partial charge in [-0.3, -0.25) is 14.3 Å². The van der Waals surface area contributed by atoms with E-state index in [1.54, 1.807) is 43.3 Å². The average molecular weight is 447 g/mol. The first kappa shape index (κ1) is 23.2. The predicted octanol–water partition coefficient (Wildman–Crippen LogP) is 4.54. The zero-order valence-electron chi connectivity index (χ0n) is 17.1. The Labute approximate surface area is 180 Å². The van der Waals surface area contributed by atoms with Crippen LogP contribution in [0.2, 0.25) is 0 Å². The molecule has 1 aliphatic heterocycles. The minimum atomic E-state index is -3.71. The number of benzene rings is 2. The zero-order valence-corrected chi connectivity index (χ0v) is 18.0. The van der Waals surface area contributed by atoms with E-state index in [0.29, 0.717) is 22.3 Å². The number of carbonyl (C=O) groups excluding carboxylic acids is 1. The first-order valence-electron chi connectivity index (χ1n) is 9.91. The fraction of sp³-hybridized carbons (Fsp3) is 0.261. The number of likely N-dealkylation sites (tertiary alicyclic amines) is 1. The van der Waals surface area contributed by atoms with E-state index in [4.69, 9.17) is 4.52 Å². The SMILES string of the molecule is CCOP(=O)(O)CCN1C/C(=C\c2ccc(F)cc2)C(=O)/C(=C/c2ccc(F)cc2)C1. The molecule has 1 saturated heterocycles. The Bertz CT molecular complexity index is 965. The maximum absolute atomic E-state index is 13.2. The maximum atomic E-state index is 13.2. The van der Waals surface area contributed by atoms with E-state index in [9.17, 15) is 23.0 Å². The van der Waals surface area contributed by atoms with Crippen LogP contribution >= 0.6 is 7.60 Å². The van der Waals surface area contributed by atoms with Crippen molar-refractivity contribution in [3.8, 4) is 0 Å². The van der Waals surface area contributed by atoms with Gasteiger partial charge in [0, 0.05) is 30.8 Å². The number of halogens is 2. The Morgan fingerprint density at radius 3 is 1.84 bits per heavy atom. The highest BCUT2D eigenvalue weighted by Crippen LogP contribution is 2.41. The van der Waals surface area contributed by atoms with Crippen LogP contribution < -0.4 is 0 Å². The smallest absolute Gasteiger partial charge is 0.324 e. The molecular formula is C23H24F2NO4P. The molecule has 2 aromatic rings. The highest BCUT2D eigenvalue weighted by molar-refractivity contribution is 7.52. The molecule has 2 aromatic carbocycles. The third-order valence-electron chi connectivity index (χ3n) is 4.82. The topological polar surface area (TPSA) is 66.8 Å². The summed E-state index contributed by atoms with van der Waals surface area (Å²) in [4.78, 5) is 24.9. The Kier molecular flexibility index (Phi) is 7.68. The van der Waals surface area contributed by atoms with Crippen LogP contribution in [-0.4, -0.2) is 48.0 Å². The summed E-state index contributed by atoms with van der Waals surface area (Å²) in [5.74, 6) is -0.905. The quantitative estimate of drug-likeness (QED) is 0.499. The van der Waals surface area contributed by atoms with Crippen molar-refractivity contribution in [2.45, 2.75) is 6.92 Å². The maximum Gasteiger partial charge on any atom is 0.329 e. The first-order chi connectivity index (χ1) is 14.8. The summed E-state index contributed by atoms with van der Waals surface area (Å²) >= 11 is 0. The van der Waals surface area contributed by atoms with Crippen molar-refractivity contribution >= 4 is 25.5 Å². The van der Waals surface area contributed by atoms with E-state index in [1.807, 2.05) is 4.90 Å². The number of ketones is 1. The molecule has 1 N–H and O–H groups in total. The van der Waals surface area contributed by atoms with Crippen LogP contribution in [0.25, 0.3) is 12.2 Å².